The minimum atomic E-state index is -0.646. The molecule has 0 saturated heterocycles. The maximum Gasteiger partial charge on any atom is 0.349 e. The predicted molar refractivity (Wildman–Crippen MR) is 116 cm³/mol. The Morgan fingerprint density at radius 1 is 1.09 bits per heavy atom. The molecule has 11 nitrogen and oxygen atoms in total. The molecule has 0 fully saturated rings. The third-order valence-corrected chi connectivity index (χ3v) is 5.88. The van der Waals surface area contributed by atoms with Gasteiger partial charge in [0.2, 0.25) is 5.71 Å². The average molecular weight is 457 g/mol. The number of hydrogen-bond donors (Lipinski definition) is 2. The van der Waals surface area contributed by atoms with Crippen molar-refractivity contribution in [3.8, 4) is 0 Å². The van der Waals surface area contributed by atoms with E-state index in [-0.39, 0.29) is 52.0 Å². The summed E-state index contributed by atoms with van der Waals surface area (Å²) in [6, 6.07) is 0. The van der Waals surface area contributed by atoms with Gasteiger partial charge in [0.15, 0.2) is 12.4 Å². The number of furan rings is 1. The van der Waals surface area contributed by atoms with Crippen molar-refractivity contribution in [1.29, 1.82) is 0 Å². The second-order valence-corrected chi connectivity index (χ2v) is 7.92. The van der Waals surface area contributed by atoms with Crippen molar-refractivity contribution in [2.75, 3.05) is 12.3 Å². The molecule has 4 heterocycles. The average Bonchev–Trinajstić information content (AvgIpc) is 3.23. The van der Waals surface area contributed by atoms with Gasteiger partial charge >= 0.3 is 11.9 Å². The third-order valence-electron chi connectivity index (χ3n) is 4.72. The minimum Gasteiger partial charge on any atom is -0.462 e. The lowest BCUT2D eigenvalue weighted by atomic mass is 10.2. The molecule has 4 aromatic heterocycles. The van der Waals surface area contributed by atoms with Crippen LogP contribution in [0.15, 0.2) is 9.21 Å². The number of nitrogen functional groups attached to an aromatic ring is 1. The summed E-state index contributed by atoms with van der Waals surface area (Å²) < 4.78 is 15.9. The first-order valence-corrected chi connectivity index (χ1v) is 10.4. The first kappa shape index (κ1) is 21.4. The number of aryl methyl sites for hydroxylation is 3. The normalized spacial score (nSPS) is 11.2. The largest absolute Gasteiger partial charge is 0.462 e. The zero-order chi connectivity index (χ0) is 23.2. The number of aromatic amines is 1. The van der Waals surface area contributed by atoms with Gasteiger partial charge in [0.1, 0.15) is 32.7 Å². The van der Waals surface area contributed by atoms with E-state index in [2.05, 4.69) is 19.9 Å². The number of anilines is 1. The Bertz CT molecular complexity index is 1450. The van der Waals surface area contributed by atoms with Gasteiger partial charge in [-0.1, -0.05) is 0 Å². The van der Waals surface area contributed by atoms with Crippen molar-refractivity contribution in [3.63, 3.8) is 0 Å². The third kappa shape index (κ3) is 3.58. The molecule has 0 saturated carbocycles. The van der Waals surface area contributed by atoms with Crippen LogP contribution >= 0.6 is 11.3 Å². The number of nitrogens with two attached hydrogens (primary N) is 1. The Hall–Kier alpha value is -3.80. The molecule has 12 heteroatoms. The molecule has 0 spiro atoms. The number of ether oxygens (including phenoxy) is 2. The van der Waals surface area contributed by atoms with Gasteiger partial charge < -0.3 is 24.6 Å². The molecule has 0 bridgehead atoms. The second-order valence-electron chi connectivity index (χ2n) is 6.92. The summed E-state index contributed by atoms with van der Waals surface area (Å²) in [6.07, 6.45) is 0. The van der Waals surface area contributed by atoms with Crippen molar-refractivity contribution in [3.05, 3.63) is 43.8 Å². The van der Waals surface area contributed by atoms with E-state index in [0.29, 0.717) is 27.4 Å². The van der Waals surface area contributed by atoms with E-state index in [4.69, 9.17) is 19.6 Å². The highest BCUT2D eigenvalue weighted by molar-refractivity contribution is 7.20. The van der Waals surface area contributed by atoms with Crippen LogP contribution in [0.25, 0.3) is 21.3 Å². The summed E-state index contributed by atoms with van der Waals surface area (Å²) in [6.45, 7) is 6.50. The van der Waals surface area contributed by atoms with Crippen LogP contribution in [-0.2, 0) is 16.1 Å². The van der Waals surface area contributed by atoms with Crippen molar-refractivity contribution < 1.29 is 23.5 Å². The van der Waals surface area contributed by atoms with Gasteiger partial charge in [-0.15, -0.1) is 11.3 Å². The summed E-state index contributed by atoms with van der Waals surface area (Å²) in [5, 5.41) is 0.601. The molecule has 0 aliphatic rings. The fraction of sp³-hybridized carbons (Fsp3) is 0.300. The number of nitrogens with zero attached hydrogens (tertiary/aromatic N) is 3. The maximum atomic E-state index is 12.6. The molecular formula is C20H19N5O6S. The van der Waals surface area contributed by atoms with Crippen LogP contribution < -0.4 is 11.3 Å². The minimum absolute atomic E-state index is 0.00482. The number of fused-ring (bicyclic) bond motifs is 2. The quantitative estimate of drug-likeness (QED) is 0.426. The van der Waals surface area contributed by atoms with Gasteiger partial charge in [0.05, 0.1) is 17.4 Å². The monoisotopic (exact) mass is 457 g/mol. The number of esters is 2. The fourth-order valence-electron chi connectivity index (χ4n) is 3.34. The molecule has 0 aliphatic heterocycles. The van der Waals surface area contributed by atoms with Crippen LogP contribution in [0.5, 0.6) is 0 Å². The first-order valence-electron chi connectivity index (χ1n) is 9.61. The SMILES string of the molecule is CCOC(=O)c1c(C)oc2nc(COC(=O)c3sc4nc(C)[nH]c(=O)c4c3C)nc(N)c12. The standard InChI is InChI=1S/C20H19N5O6S/c1-5-29-19(27)12-8(3)31-17-13(12)15(21)24-10(25-17)6-30-20(28)14-7(2)11-16(26)22-9(4)23-18(11)32-14/h5-6H2,1-4H3,(H2,21,24,25)(H,22,23,26). The number of thiophene rings is 1. The Kier molecular flexibility index (Phi) is 5.38. The van der Waals surface area contributed by atoms with E-state index in [9.17, 15) is 14.4 Å². The lowest BCUT2D eigenvalue weighted by molar-refractivity contribution is 0.0466. The molecule has 3 N–H and O–H groups in total. The summed E-state index contributed by atoms with van der Waals surface area (Å²) >= 11 is 1.07. The molecule has 0 amide bonds. The molecule has 0 radical (unpaired) electrons. The number of hydrogen-bond acceptors (Lipinski definition) is 11. The lowest BCUT2D eigenvalue weighted by Crippen LogP contribution is -2.11. The Labute approximate surface area is 184 Å². The molecule has 0 unspecified atom stereocenters. The second kappa shape index (κ2) is 8.04. The van der Waals surface area contributed by atoms with Crippen LogP contribution in [0.3, 0.4) is 0 Å². The van der Waals surface area contributed by atoms with Crippen LogP contribution in [0.4, 0.5) is 5.82 Å². The zero-order valence-corrected chi connectivity index (χ0v) is 18.5. The first-order chi connectivity index (χ1) is 15.2. The van der Waals surface area contributed by atoms with Crippen LogP contribution in [0.2, 0.25) is 0 Å². The highest BCUT2D eigenvalue weighted by Crippen LogP contribution is 2.30. The van der Waals surface area contributed by atoms with Crippen molar-refractivity contribution in [2.24, 2.45) is 0 Å². The Morgan fingerprint density at radius 3 is 2.56 bits per heavy atom. The van der Waals surface area contributed by atoms with E-state index in [1.807, 2.05) is 0 Å². The van der Waals surface area contributed by atoms with Gasteiger partial charge in [0.25, 0.3) is 5.56 Å². The van der Waals surface area contributed by atoms with E-state index in [0.717, 1.165) is 11.3 Å². The van der Waals surface area contributed by atoms with Gasteiger partial charge in [-0.05, 0) is 33.3 Å². The van der Waals surface area contributed by atoms with Gasteiger partial charge in [-0.3, -0.25) is 4.79 Å². The molecule has 0 aromatic carbocycles. The van der Waals surface area contributed by atoms with E-state index in [1.54, 1.807) is 27.7 Å². The smallest absolute Gasteiger partial charge is 0.349 e. The molecule has 0 aliphatic carbocycles. The van der Waals surface area contributed by atoms with Crippen molar-refractivity contribution >= 4 is 50.4 Å². The molecular weight excluding hydrogens is 438 g/mol. The fourth-order valence-corrected chi connectivity index (χ4v) is 4.46. The Morgan fingerprint density at radius 2 is 1.84 bits per heavy atom. The molecule has 166 valence electrons. The number of aromatic nitrogens is 4. The Balaban J connectivity index is 1.61. The van der Waals surface area contributed by atoms with E-state index < -0.39 is 11.9 Å². The number of rotatable bonds is 5. The summed E-state index contributed by atoms with van der Waals surface area (Å²) in [5.41, 5.74) is 6.45. The lowest BCUT2D eigenvalue weighted by Gasteiger charge is -2.05. The van der Waals surface area contributed by atoms with Crippen molar-refractivity contribution in [1.82, 2.24) is 19.9 Å². The van der Waals surface area contributed by atoms with E-state index >= 15 is 0 Å². The highest BCUT2D eigenvalue weighted by Gasteiger charge is 2.25. The number of nitrogens with one attached hydrogen (secondary N) is 1. The summed E-state index contributed by atoms with van der Waals surface area (Å²) in [4.78, 5) is 53.0. The van der Waals surface area contributed by atoms with Crippen LogP contribution in [0, 0.1) is 20.8 Å². The molecule has 0 atom stereocenters. The number of carbonyl (C=O) groups is 2. The molecule has 32 heavy (non-hydrogen) atoms. The van der Waals surface area contributed by atoms with Crippen molar-refractivity contribution in [2.45, 2.75) is 34.3 Å². The summed E-state index contributed by atoms with van der Waals surface area (Å²) in [7, 11) is 0. The molecule has 4 aromatic rings. The number of carbonyl (C=O) groups excluding carboxylic acids is 2. The zero-order valence-electron chi connectivity index (χ0n) is 17.7. The topological polar surface area (TPSA) is 163 Å². The number of H-pyrrole nitrogens is 1. The predicted octanol–water partition coefficient (Wildman–Crippen LogP) is 2.56. The van der Waals surface area contributed by atoms with Crippen LogP contribution in [-0.4, -0.2) is 38.5 Å². The van der Waals surface area contributed by atoms with Gasteiger partial charge in [-0.2, -0.15) is 4.98 Å². The highest BCUT2D eigenvalue weighted by atomic mass is 32.1. The molecule has 4 rings (SSSR count). The summed E-state index contributed by atoms with van der Waals surface area (Å²) in [5.74, 6) is -0.382. The van der Waals surface area contributed by atoms with E-state index in [1.165, 1.54) is 0 Å². The van der Waals surface area contributed by atoms with Gasteiger partial charge in [0, 0.05) is 0 Å². The maximum absolute atomic E-state index is 12.6. The van der Waals surface area contributed by atoms with Crippen LogP contribution in [0.1, 0.15) is 49.9 Å². The van der Waals surface area contributed by atoms with Gasteiger partial charge in [-0.25, -0.2) is 19.6 Å².